The van der Waals surface area contributed by atoms with E-state index in [0.29, 0.717) is 11.1 Å². The van der Waals surface area contributed by atoms with Crippen molar-refractivity contribution in [2.24, 2.45) is 5.41 Å². The zero-order valence-corrected chi connectivity index (χ0v) is 21.2. The Hall–Kier alpha value is -2.88. The summed E-state index contributed by atoms with van der Waals surface area (Å²) in [5.41, 5.74) is 4.64. The topological polar surface area (TPSA) is 30.0 Å². The molecular weight excluding hydrogens is 440 g/mol. The Morgan fingerprint density at radius 2 is 1.57 bits per heavy atom. The van der Waals surface area contributed by atoms with Crippen molar-refractivity contribution in [1.82, 2.24) is 4.98 Å². The normalized spacial score (nSPS) is 15.4. The van der Waals surface area contributed by atoms with Crippen molar-refractivity contribution in [2.45, 2.75) is 78.1 Å². The lowest BCUT2D eigenvalue weighted by Crippen LogP contribution is -2.18. The van der Waals surface area contributed by atoms with E-state index in [-0.39, 0.29) is 34.7 Å². The van der Waals surface area contributed by atoms with Gasteiger partial charge < -0.3 is 0 Å². The van der Waals surface area contributed by atoms with Gasteiger partial charge in [0.25, 0.3) is 0 Å². The highest BCUT2D eigenvalue weighted by atomic mass is 19.1. The van der Waals surface area contributed by atoms with Crippen molar-refractivity contribution in [2.75, 3.05) is 0 Å². The Balaban J connectivity index is 1.97. The van der Waals surface area contributed by atoms with E-state index in [0.717, 1.165) is 60.9 Å². The van der Waals surface area contributed by atoms with Crippen molar-refractivity contribution in [3.63, 3.8) is 0 Å². The minimum atomic E-state index is -0.376. The molecule has 0 amide bonds. The third-order valence-corrected chi connectivity index (χ3v) is 7.69. The van der Waals surface area contributed by atoms with Gasteiger partial charge in [0, 0.05) is 17.7 Å². The number of pyridine rings is 1. The summed E-state index contributed by atoms with van der Waals surface area (Å²) in [5, 5.41) is 0. The average molecular weight is 476 g/mol. The van der Waals surface area contributed by atoms with Gasteiger partial charge in [-0.15, -0.1) is 0 Å². The molecule has 4 heteroatoms. The number of benzene rings is 2. The molecule has 1 aliphatic rings. The molecule has 35 heavy (non-hydrogen) atoms. The number of nitrogens with zero attached hydrogens (tertiary/aromatic N) is 1. The first-order valence-electron chi connectivity index (χ1n) is 12.8. The summed E-state index contributed by atoms with van der Waals surface area (Å²) in [6, 6.07) is 12.1. The second-order valence-corrected chi connectivity index (χ2v) is 10.8. The molecule has 1 saturated carbocycles. The van der Waals surface area contributed by atoms with Crippen LogP contribution in [0.15, 0.2) is 54.7 Å². The van der Waals surface area contributed by atoms with E-state index in [1.807, 2.05) is 6.20 Å². The van der Waals surface area contributed by atoms with Gasteiger partial charge in [0.2, 0.25) is 0 Å². The Kier molecular flexibility index (Phi) is 7.49. The molecule has 0 unspecified atom stereocenters. The van der Waals surface area contributed by atoms with E-state index < -0.39 is 0 Å². The van der Waals surface area contributed by atoms with Crippen LogP contribution in [0.25, 0.3) is 11.1 Å². The van der Waals surface area contributed by atoms with E-state index in [4.69, 9.17) is 4.98 Å². The molecule has 0 spiro atoms. The zero-order chi connectivity index (χ0) is 25.2. The Morgan fingerprint density at radius 3 is 2.14 bits per heavy atom. The molecule has 0 saturated heterocycles. The van der Waals surface area contributed by atoms with Gasteiger partial charge in [-0.3, -0.25) is 9.78 Å². The van der Waals surface area contributed by atoms with Crippen LogP contribution in [0.5, 0.6) is 0 Å². The van der Waals surface area contributed by atoms with Gasteiger partial charge in [-0.05, 0) is 83.7 Å². The number of carbonyl (C=O) groups excluding carboxylic acids is 1. The first-order chi connectivity index (χ1) is 16.7. The van der Waals surface area contributed by atoms with Gasteiger partial charge >= 0.3 is 0 Å². The molecule has 2 nitrogen and oxygen atoms in total. The summed E-state index contributed by atoms with van der Waals surface area (Å²) in [6.45, 7) is 8.89. The number of aromatic nitrogens is 1. The van der Waals surface area contributed by atoms with Crippen LogP contribution in [0, 0.1) is 17.0 Å². The van der Waals surface area contributed by atoms with Gasteiger partial charge in [-0.25, -0.2) is 8.78 Å². The predicted octanol–water partition coefficient (Wildman–Crippen LogP) is 8.85. The van der Waals surface area contributed by atoms with Gasteiger partial charge in [0.1, 0.15) is 11.6 Å². The smallest absolute Gasteiger partial charge is 0.195 e. The zero-order valence-electron chi connectivity index (χ0n) is 21.2. The molecule has 1 aromatic heterocycles. The van der Waals surface area contributed by atoms with Crippen molar-refractivity contribution in [1.29, 1.82) is 0 Å². The fourth-order valence-corrected chi connectivity index (χ4v) is 5.41. The molecule has 0 bridgehead atoms. The van der Waals surface area contributed by atoms with Crippen LogP contribution in [0.1, 0.15) is 105 Å². The summed E-state index contributed by atoms with van der Waals surface area (Å²) >= 11 is 0. The lowest BCUT2D eigenvalue weighted by Gasteiger charge is -2.29. The molecule has 1 heterocycles. The molecule has 0 radical (unpaired) electrons. The number of hydrogen-bond donors (Lipinski definition) is 0. The number of hydrogen-bond acceptors (Lipinski definition) is 2. The summed E-state index contributed by atoms with van der Waals surface area (Å²) in [4.78, 5) is 19.0. The van der Waals surface area contributed by atoms with Crippen LogP contribution in [0.3, 0.4) is 0 Å². The molecule has 2 aromatic carbocycles. The standard InChI is InChI=1S/C31H35F2NO/c1-5-31(3,4)18-20(2)26-19-34-29(22-8-6-7-9-22)28(27(26)21-10-14-24(32)15-11-21)30(35)23-12-16-25(33)17-13-23/h10-17,19-20,22H,5-9,18H2,1-4H3/t20-/m0/s1. The van der Waals surface area contributed by atoms with E-state index in [1.165, 1.54) is 24.3 Å². The molecule has 1 atom stereocenters. The molecule has 3 aromatic rings. The highest BCUT2D eigenvalue weighted by molar-refractivity contribution is 6.14. The van der Waals surface area contributed by atoms with Crippen LogP contribution in [-0.4, -0.2) is 10.8 Å². The number of ketones is 1. The first kappa shape index (κ1) is 25.2. The predicted molar refractivity (Wildman–Crippen MR) is 138 cm³/mol. The molecule has 184 valence electrons. The number of carbonyl (C=O) groups is 1. The molecule has 4 rings (SSSR count). The summed E-state index contributed by atoms with van der Waals surface area (Å²) in [7, 11) is 0. The van der Waals surface area contributed by atoms with Crippen molar-refractivity contribution in [3.8, 4) is 11.1 Å². The largest absolute Gasteiger partial charge is 0.289 e. The third kappa shape index (κ3) is 5.52. The van der Waals surface area contributed by atoms with Gasteiger partial charge in [0.05, 0.1) is 11.3 Å². The van der Waals surface area contributed by atoms with Crippen LogP contribution in [0.2, 0.25) is 0 Å². The second-order valence-electron chi connectivity index (χ2n) is 10.8. The Labute approximate surface area is 207 Å². The molecule has 0 aliphatic heterocycles. The van der Waals surface area contributed by atoms with Crippen LogP contribution >= 0.6 is 0 Å². The highest BCUT2D eigenvalue weighted by Gasteiger charge is 2.31. The average Bonchev–Trinajstić information content (AvgIpc) is 3.38. The van der Waals surface area contributed by atoms with Gasteiger partial charge in [-0.1, -0.05) is 59.1 Å². The van der Waals surface area contributed by atoms with Crippen LogP contribution in [-0.2, 0) is 0 Å². The summed E-state index contributed by atoms with van der Waals surface area (Å²) in [6.07, 6.45) is 8.15. The van der Waals surface area contributed by atoms with Crippen LogP contribution < -0.4 is 0 Å². The monoisotopic (exact) mass is 475 g/mol. The van der Waals surface area contributed by atoms with Gasteiger partial charge in [-0.2, -0.15) is 0 Å². The van der Waals surface area contributed by atoms with E-state index >= 15 is 0 Å². The van der Waals surface area contributed by atoms with Gasteiger partial charge in [0.15, 0.2) is 5.78 Å². The molecule has 1 fully saturated rings. The second kappa shape index (κ2) is 10.4. The molecule has 1 aliphatic carbocycles. The Bertz CT molecular complexity index is 1180. The minimum absolute atomic E-state index is 0.130. The molecule has 0 N–H and O–H groups in total. The fourth-order valence-electron chi connectivity index (χ4n) is 5.41. The van der Waals surface area contributed by atoms with Crippen molar-refractivity contribution >= 4 is 5.78 Å². The highest BCUT2D eigenvalue weighted by Crippen LogP contribution is 2.44. The number of halogens is 2. The van der Waals surface area contributed by atoms with E-state index in [9.17, 15) is 13.6 Å². The maximum atomic E-state index is 14.1. The SMILES string of the molecule is CCC(C)(C)C[C@H](C)c1cnc(C2CCCC2)c(C(=O)c2ccc(F)cc2)c1-c1ccc(F)cc1. The lowest BCUT2D eigenvalue weighted by atomic mass is 9.76. The minimum Gasteiger partial charge on any atom is -0.289 e. The number of rotatable bonds is 8. The third-order valence-electron chi connectivity index (χ3n) is 7.69. The summed E-state index contributed by atoms with van der Waals surface area (Å²) in [5.74, 6) is -0.479. The van der Waals surface area contributed by atoms with Crippen molar-refractivity contribution in [3.05, 3.63) is 88.7 Å². The first-order valence-corrected chi connectivity index (χ1v) is 12.8. The fraction of sp³-hybridized carbons (Fsp3) is 0.419. The van der Waals surface area contributed by atoms with E-state index in [2.05, 4.69) is 27.7 Å². The Morgan fingerprint density at radius 1 is 1.00 bits per heavy atom. The maximum Gasteiger partial charge on any atom is 0.195 e. The van der Waals surface area contributed by atoms with Crippen LogP contribution in [0.4, 0.5) is 8.78 Å². The van der Waals surface area contributed by atoms with E-state index in [1.54, 1.807) is 24.3 Å². The lowest BCUT2D eigenvalue weighted by molar-refractivity contribution is 0.103. The maximum absolute atomic E-state index is 14.1. The summed E-state index contributed by atoms with van der Waals surface area (Å²) < 4.78 is 27.6. The molecular formula is C31H35F2NO. The van der Waals surface area contributed by atoms with Crippen molar-refractivity contribution < 1.29 is 13.6 Å². The quantitative estimate of drug-likeness (QED) is 0.305.